The van der Waals surface area contributed by atoms with E-state index < -0.39 is 10.0 Å². The van der Waals surface area contributed by atoms with Gasteiger partial charge in [0.1, 0.15) is 0 Å². The number of hydrogen-bond acceptors (Lipinski definition) is 5. The van der Waals surface area contributed by atoms with Crippen LogP contribution in [-0.2, 0) is 16.6 Å². The predicted octanol–water partition coefficient (Wildman–Crippen LogP) is 0.0849. The topological polar surface area (TPSA) is 85.2 Å². The molecule has 0 saturated heterocycles. The van der Waals surface area contributed by atoms with Crippen molar-refractivity contribution in [1.29, 1.82) is 0 Å². The van der Waals surface area contributed by atoms with Crippen LogP contribution in [-0.4, -0.2) is 36.0 Å². The van der Waals surface area contributed by atoms with Gasteiger partial charge in [0.05, 0.1) is 12.8 Å². The molecule has 1 aromatic carbocycles. The lowest BCUT2D eigenvalue weighted by atomic mass is 10.2. The molecule has 0 unspecified atom stereocenters. The van der Waals surface area contributed by atoms with E-state index in [4.69, 9.17) is 0 Å². The second kappa shape index (κ2) is 4.41. The van der Waals surface area contributed by atoms with Crippen molar-refractivity contribution in [2.24, 2.45) is 0 Å². The fourth-order valence-corrected chi connectivity index (χ4v) is 3.02. The van der Waals surface area contributed by atoms with Gasteiger partial charge in [0.25, 0.3) is 5.56 Å². The summed E-state index contributed by atoms with van der Waals surface area (Å²) in [7, 11) is -3.44. The molecule has 0 fully saturated rings. The quantitative estimate of drug-likeness (QED) is 0.783. The molecule has 1 aliphatic rings. The van der Waals surface area contributed by atoms with Gasteiger partial charge in [-0.05, 0) is 0 Å². The molecule has 1 aromatic heterocycles. The van der Waals surface area contributed by atoms with Crippen molar-refractivity contribution in [1.82, 2.24) is 14.8 Å². The third kappa shape index (κ3) is 1.97. The highest BCUT2D eigenvalue weighted by molar-refractivity contribution is 7.92. The van der Waals surface area contributed by atoms with E-state index in [1.807, 2.05) is 6.07 Å². The zero-order valence-electron chi connectivity index (χ0n) is 10.7. The highest BCUT2D eigenvalue weighted by Gasteiger charge is 2.30. The molecular formula is C12H12N4O3S. The van der Waals surface area contributed by atoms with Crippen LogP contribution in [0.1, 0.15) is 0 Å². The minimum absolute atomic E-state index is 0.0807. The molecular weight excluding hydrogens is 280 g/mol. The Morgan fingerprint density at radius 3 is 2.45 bits per heavy atom. The van der Waals surface area contributed by atoms with Crippen molar-refractivity contribution in [3.8, 4) is 11.3 Å². The number of benzene rings is 1. The van der Waals surface area contributed by atoms with Gasteiger partial charge < -0.3 is 0 Å². The standard InChI is InChI=1S/C12H12N4O3S/c1-20(18,19)16-8-7-15-11(17)10(13-14-12(15)16)9-5-3-2-4-6-9/h2-6H,7-8H2,1H3. The van der Waals surface area contributed by atoms with Gasteiger partial charge in [-0.1, -0.05) is 30.3 Å². The van der Waals surface area contributed by atoms with Crippen LogP contribution in [0.25, 0.3) is 11.3 Å². The maximum Gasteiger partial charge on any atom is 0.281 e. The Balaban J connectivity index is 2.16. The van der Waals surface area contributed by atoms with Gasteiger partial charge in [-0.15, -0.1) is 10.2 Å². The van der Waals surface area contributed by atoms with Crippen LogP contribution >= 0.6 is 0 Å². The fraction of sp³-hybridized carbons (Fsp3) is 0.250. The van der Waals surface area contributed by atoms with Gasteiger partial charge in [-0.2, -0.15) is 0 Å². The number of fused-ring (bicyclic) bond motifs is 1. The highest BCUT2D eigenvalue weighted by Crippen LogP contribution is 2.20. The Kier molecular flexibility index (Phi) is 2.82. The number of nitrogens with zero attached hydrogens (tertiary/aromatic N) is 4. The summed E-state index contributed by atoms with van der Waals surface area (Å²) in [4.78, 5) is 12.4. The zero-order valence-corrected chi connectivity index (χ0v) is 11.5. The van der Waals surface area contributed by atoms with Crippen molar-refractivity contribution in [3.63, 3.8) is 0 Å². The van der Waals surface area contributed by atoms with Gasteiger partial charge in [0.2, 0.25) is 16.0 Å². The molecule has 0 atom stereocenters. The van der Waals surface area contributed by atoms with Crippen LogP contribution in [0, 0.1) is 0 Å². The number of sulfonamides is 1. The average Bonchev–Trinajstić information content (AvgIpc) is 2.85. The van der Waals surface area contributed by atoms with Crippen LogP contribution in [0.4, 0.5) is 5.95 Å². The Bertz CT molecular complexity index is 814. The monoisotopic (exact) mass is 292 g/mol. The van der Waals surface area contributed by atoms with Crippen LogP contribution < -0.4 is 9.86 Å². The molecule has 104 valence electrons. The zero-order chi connectivity index (χ0) is 14.3. The molecule has 2 heterocycles. The molecule has 0 aliphatic carbocycles. The average molecular weight is 292 g/mol. The van der Waals surface area contributed by atoms with Crippen molar-refractivity contribution in [2.75, 3.05) is 17.1 Å². The molecule has 0 spiro atoms. The maximum absolute atomic E-state index is 12.4. The van der Waals surface area contributed by atoms with Crippen molar-refractivity contribution in [3.05, 3.63) is 40.7 Å². The molecule has 20 heavy (non-hydrogen) atoms. The summed E-state index contributed by atoms with van der Waals surface area (Å²) in [5, 5.41) is 7.80. The van der Waals surface area contributed by atoms with Crippen molar-refractivity contribution >= 4 is 16.0 Å². The van der Waals surface area contributed by atoms with Crippen LogP contribution in [0.2, 0.25) is 0 Å². The first-order valence-electron chi connectivity index (χ1n) is 5.99. The summed E-state index contributed by atoms with van der Waals surface area (Å²) in [6.07, 6.45) is 1.08. The minimum Gasteiger partial charge on any atom is -0.273 e. The van der Waals surface area contributed by atoms with Crippen molar-refractivity contribution < 1.29 is 8.42 Å². The Morgan fingerprint density at radius 2 is 1.80 bits per heavy atom. The van der Waals surface area contributed by atoms with E-state index >= 15 is 0 Å². The molecule has 8 heteroatoms. The Labute approximate surface area is 115 Å². The molecule has 0 saturated carbocycles. The first-order valence-corrected chi connectivity index (χ1v) is 7.84. The summed E-state index contributed by atoms with van der Waals surface area (Å²) in [5.74, 6) is 0.0807. The largest absolute Gasteiger partial charge is 0.281 e. The van der Waals surface area contributed by atoms with Gasteiger partial charge in [0.15, 0.2) is 5.69 Å². The molecule has 0 N–H and O–H groups in total. The number of rotatable bonds is 2. The lowest BCUT2D eigenvalue weighted by molar-refractivity contribution is 0.597. The van der Waals surface area contributed by atoms with E-state index in [2.05, 4.69) is 10.2 Å². The molecule has 2 aromatic rings. The normalized spacial score (nSPS) is 14.3. The van der Waals surface area contributed by atoms with E-state index in [1.165, 1.54) is 4.57 Å². The Morgan fingerprint density at radius 1 is 1.10 bits per heavy atom. The van der Waals surface area contributed by atoms with Crippen molar-refractivity contribution in [2.45, 2.75) is 6.54 Å². The molecule has 0 radical (unpaired) electrons. The van der Waals surface area contributed by atoms with E-state index in [1.54, 1.807) is 24.3 Å². The third-order valence-electron chi connectivity index (χ3n) is 3.13. The SMILES string of the molecule is CS(=O)(=O)N1CCn2c1nnc(-c1ccccc1)c2=O. The summed E-state index contributed by atoms with van der Waals surface area (Å²) in [6, 6.07) is 8.98. The predicted molar refractivity (Wildman–Crippen MR) is 73.9 cm³/mol. The summed E-state index contributed by atoms with van der Waals surface area (Å²) in [6.45, 7) is 0.498. The Hall–Kier alpha value is -2.22. The number of anilines is 1. The lowest BCUT2D eigenvalue weighted by Crippen LogP contribution is -2.29. The summed E-state index contributed by atoms with van der Waals surface area (Å²) < 4.78 is 25.6. The fourth-order valence-electron chi connectivity index (χ4n) is 2.18. The molecule has 0 bridgehead atoms. The highest BCUT2D eigenvalue weighted by atomic mass is 32.2. The summed E-state index contributed by atoms with van der Waals surface area (Å²) >= 11 is 0. The van der Waals surface area contributed by atoms with E-state index in [9.17, 15) is 13.2 Å². The summed E-state index contributed by atoms with van der Waals surface area (Å²) in [5.41, 5.74) is 0.565. The van der Waals surface area contributed by atoms with E-state index in [0.717, 1.165) is 10.6 Å². The number of aromatic nitrogens is 3. The van der Waals surface area contributed by atoms with Gasteiger partial charge in [-0.25, -0.2) is 12.7 Å². The molecule has 1 aliphatic heterocycles. The van der Waals surface area contributed by atoms with Gasteiger partial charge in [0, 0.05) is 12.1 Å². The van der Waals surface area contributed by atoms with Crippen LogP contribution in [0.5, 0.6) is 0 Å². The minimum atomic E-state index is -3.44. The molecule has 0 amide bonds. The van der Waals surface area contributed by atoms with Gasteiger partial charge >= 0.3 is 0 Å². The lowest BCUT2D eigenvalue weighted by Gasteiger charge is -2.13. The third-order valence-corrected chi connectivity index (χ3v) is 4.27. The molecule has 7 nitrogen and oxygen atoms in total. The van der Waals surface area contributed by atoms with Crippen LogP contribution in [0.15, 0.2) is 35.1 Å². The second-order valence-corrected chi connectivity index (χ2v) is 6.41. The first-order chi connectivity index (χ1) is 9.48. The van der Waals surface area contributed by atoms with Crippen LogP contribution in [0.3, 0.4) is 0 Å². The number of hydrogen-bond donors (Lipinski definition) is 0. The smallest absolute Gasteiger partial charge is 0.273 e. The molecule has 3 rings (SSSR count). The maximum atomic E-state index is 12.4. The van der Waals surface area contributed by atoms with E-state index in [0.29, 0.717) is 5.56 Å². The second-order valence-electron chi connectivity index (χ2n) is 4.51. The first kappa shape index (κ1) is 12.8. The van der Waals surface area contributed by atoms with E-state index in [-0.39, 0.29) is 30.3 Å². The van der Waals surface area contributed by atoms with Gasteiger partial charge in [-0.3, -0.25) is 9.36 Å².